The SMILES string of the molecule is CC(C)C(=O)[C@@H](CO)NC(=O)CNC(=O)CNC(=O)CNC(=O)CNC(=O)COC1CCCCCc2c1nnn2C(C)C. The maximum Gasteiger partial charge on any atom is 0.246 e. The molecule has 16 nitrogen and oxygen atoms in total. The van der Waals surface area contributed by atoms with Gasteiger partial charge in [0.2, 0.25) is 29.5 Å². The number of aliphatic hydroxyl groups excluding tert-OH is 1. The molecule has 16 heteroatoms. The number of ketones is 1. The van der Waals surface area contributed by atoms with E-state index in [2.05, 4.69) is 36.9 Å². The standard InChI is InChI=1S/C27H44N8O8/c1-16(2)27(42)18(14-36)32-24(40)13-30-22(38)11-28-21(37)10-29-23(39)12-31-25(41)15-43-20-9-7-5-6-8-19-26(20)33-34-35(19)17(3)4/h16-18,20,36H,5-15H2,1-4H3,(H,28,37)(H,29,39)(H,30,38)(H,31,41)(H,32,40)/t18-,20?/m1/s1. The molecule has 6 N–H and O–H groups in total. The van der Waals surface area contributed by atoms with E-state index < -0.39 is 67.7 Å². The quantitative estimate of drug-likeness (QED) is 0.124. The molecule has 2 atom stereocenters. The number of ether oxygens (including phenoxy) is 1. The van der Waals surface area contributed by atoms with Gasteiger partial charge in [0.25, 0.3) is 0 Å². The summed E-state index contributed by atoms with van der Waals surface area (Å²) in [4.78, 5) is 72.0. The van der Waals surface area contributed by atoms with Crippen LogP contribution < -0.4 is 26.6 Å². The van der Waals surface area contributed by atoms with Crippen molar-refractivity contribution in [2.24, 2.45) is 5.92 Å². The molecule has 1 aliphatic rings. The molecular formula is C27H44N8O8. The molecule has 0 radical (unpaired) electrons. The Balaban J connectivity index is 1.64. The highest BCUT2D eigenvalue weighted by atomic mass is 16.5. The molecule has 0 saturated carbocycles. The predicted molar refractivity (Wildman–Crippen MR) is 152 cm³/mol. The Hall–Kier alpha value is -3.92. The maximum atomic E-state index is 12.3. The summed E-state index contributed by atoms with van der Waals surface area (Å²) in [5.74, 6) is -3.88. The lowest BCUT2D eigenvalue weighted by atomic mass is 9.98. The van der Waals surface area contributed by atoms with Crippen molar-refractivity contribution >= 4 is 35.3 Å². The van der Waals surface area contributed by atoms with Crippen molar-refractivity contribution in [1.29, 1.82) is 0 Å². The molecule has 0 aliphatic heterocycles. The molecule has 0 spiro atoms. The van der Waals surface area contributed by atoms with Crippen molar-refractivity contribution < 1.29 is 38.6 Å². The van der Waals surface area contributed by atoms with Crippen LogP contribution in [0.25, 0.3) is 0 Å². The van der Waals surface area contributed by atoms with Gasteiger partial charge >= 0.3 is 0 Å². The van der Waals surface area contributed by atoms with Gasteiger partial charge in [-0.15, -0.1) is 5.10 Å². The predicted octanol–water partition coefficient (Wildman–Crippen LogP) is -1.80. The van der Waals surface area contributed by atoms with Crippen molar-refractivity contribution in [2.45, 2.75) is 78.0 Å². The van der Waals surface area contributed by atoms with Crippen molar-refractivity contribution in [3.05, 3.63) is 11.4 Å². The first kappa shape index (κ1) is 35.3. The number of hydrogen-bond acceptors (Lipinski definition) is 10. The van der Waals surface area contributed by atoms with Gasteiger partial charge in [0.1, 0.15) is 24.4 Å². The lowest BCUT2D eigenvalue weighted by Crippen LogP contribution is -2.49. The number of carbonyl (C=O) groups excluding carboxylic acids is 6. The first-order chi connectivity index (χ1) is 20.4. The number of aliphatic hydroxyl groups is 1. The van der Waals surface area contributed by atoms with E-state index in [4.69, 9.17) is 4.74 Å². The van der Waals surface area contributed by atoms with Gasteiger partial charge in [-0.25, -0.2) is 4.68 Å². The Morgan fingerprint density at radius 1 is 0.837 bits per heavy atom. The molecule has 0 saturated heterocycles. The Morgan fingerprint density at radius 2 is 1.40 bits per heavy atom. The summed E-state index contributed by atoms with van der Waals surface area (Å²) in [6.07, 6.45) is 4.20. The fourth-order valence-corrected chi connectivity index (χ4v) is 4.32. The number of nitrogens with zero attached hydrogens (tertiary/aromatic N) is 3. The molecule has 0 aromatic carbocycles. The lowest BCUT2D eigenvalue weighted by molar-refractivity contribution is -0.131. The van der Waals surface area contributed by atoms with Crippen LogP contribution in [0.1, 0.15) is 76.9 Å². The Morgan fingerprint density at radius 3 is 1.93 bits per heavy atom. The molecule has 1 unspecified atom stereocenters. The van der Waals surface area contributed by atoms with Crippen LogP contribution in [0.5, 0.6) is 0 Å². The third kappa shape index (κ3) is 12.1. The van der Waals surface area contributed by atoms with Gasteiger partial charge in [0.15, 0.2) is 5.78 Å². The van der Waals surface area contributed by atoms with Gasteiger partial charge < -0.3 is 36.4 Å². The van der Waals surface area contributed by atoms with E-state index in [0.29, 0.717) is 6.42 Å². The number of Topliss-reactive ketones (excluding diaryl/α,β-unsaturated/α-hetero) is 1. The normalized spacial score (nSPS) is 15.5. The summed E-state index contributed by atoms with van der Waals surface area (Å²) in [6, 6.07) is -0.914. The minimum atomic E-state index is -1.07. The monoisotopic (exact) mass is 608 g/mol. The molecule has 2 rings (SSSR count). The molecule has 0 bridgehead atoms. The molecule has 0 fully saturated rings. The summed E-state index contributed by atoms with van der Waals surface area (Å²) >= 11 is 0. The van der Waals surface area contributed by atoms with E-state index in [0.717, 1.165) is 37.1 Å². The Bertz CT molecular complexity index is 1140. The highest BCUT2D eigenvalue weighted by Gasteiger charge is 2.26. The second-order valence-electron chi connectivity index (χ2n) is 10.8. The largest absolute Gasteiger partial charge is 0.394 e. The van der Waals surface area contributed by atoms with E-state index in [1.165, 1.54) is 0 Å². The number of amides is 5. The molecule has 1 heterocycles. The Kier molecular flexibility index (Phi) is 14.7. The van der Waals surface area contributed by atoms with Crippen LogP contribution in [0.15, 0.2) is 0 Å². The smallest absolute Gasteiger partial charge is 0.246 e. The van der Waals surface area contributed by atoms with E-state index in [9.17, 15) is 33.9 Å². The van der Waals surface area contributed by atoms with Crippen LogP contribution in [0.4, 0.5) is 0 Å². The molecular weight excluding hydrogens is 564 g/mol. The number of aromatic nitrogens is 3. The van der Waals surface area contributed by atoms with Crippen molar-refractivity contribution in [1.82, 2.24) is 41.6 Å². The van der Waals surface area contributed by atoms with Crippen LogP contribution in [0.3, 0.4) is 0 Å². The first-order valence-electron chi connectivity index (χ1n) is 14.5. The van der Waals surface area contributed by atoms with E-state index in [-0.39, 0.29) is 31.1 Å². The van der Waals surface area contributed by atoms with Crippen LogP contribution in [-0.2, 0) is 39.9 Å². The first-order valence-corrected chi connectivity index (χ1v) is 14.5. The third-order valence-corrected chi connectivity index (χ3v) is 6.63. The zero-order valence-corrected chi connectivity index (χ0v) is 25.2. The lowest BCUT2D eigenvalue weighted by Gasteiger charge is -2.20. The number of nitrogens with one attached hydrogen (secondary N) is 5. The van der Waals surface area contributed by atoms with Crippen LogP contribution in [0, 0.1) is 5.92 Å². The molecule has 1 aliphatic carbocycles. The average Bonchev–Trinajstić information content (AvgIpc) is 3.38. The van der Waals surface area contributed by atoms with E-state index in [1.807, 2.05) is 18.5 Å². The van der Waals surface area contributed by atoms with Crippen LogP contribution in [-0.4, -0.2) is 101 Å². The third-order valence-electron chi connectivity index (χ3n) is 6.63. The molecule has 1 aromatic heterocycles. The van der Waals surface area contributed by atoms with Crippen molar-refractivity contribution in [2.75, 3.05) is 39.4 Å². The molecule has 5 amide bonds. The molecule has 240 valence electrons. The summed E-state index contributed by atoms with van der Waals surface area (Å²) in [6.45, 7) is 4.74. The van der Waals surface area contributed by atoms with Gasteiger partial charge in [-0.1, -0.05) is 31.9 Å². The van der Waals surface area contributed by atoms with E-state index in [1.54, 1.807) is 13.8 Å². The van der Waals surface area contributed by atoms with Crippen LogP contribution in [0.2, 0.25) is 0 Å². The number of carbonyl (C=O) groups is 6. The zero-order valence-electron chi connectivity index (χ0n) is 25.2. The number of fused-ring (bicyclic) bond motifs is 1. The van der Waals surface area contributed by atoms with Crippen molar-refractivity contribution in [3.8, 4) is 0 Å². The summed E-state index contributed by atoms with van der Waals surface area (Å²) < 4.78 is 7.74. The minimum Gasteiger partial charge on any atom is -0.394 e. The van der Waals surface area contributed by atoms with Gasteiger partial charge in [-0.2, -0.15) is 0 Å². The molecule has 43 heavy (non-hydrogen) atoms. The Labute approximate surface area is 250 Å². The fraction of sp³-hybridized carbons (Fsp3) is 0.704. The maximum absolute atomic E-state index is 12.3. The highest BCUT2D eigenvalue weighted by Crippen LogP contribution is 2.30. The van der Waals surface area contributed by atoms with Gasteiger partial charge in [-0.05, 0) is 33.1 Å². The second-order valence-corrected chi connectivity index (χ2v) is 10.8. The number of rotatable bonds is 16. The minimum absolute atomic E-state index is 0.158. The number of hydrogen-bond donors (Lipinski definition) is 6. The average molecular weight is 609 g/mol. The van der Waals surface area contributed by atoms with Gasteiger partial charge in [0, 0.05) is 12.0 Å². The molecule has 1 aromatic rings. The summed E-state index contributed by atoms with van der Waals surface area (Å²) in [7, 11) is 0. The van der Waals surface area contributed by atoms with E-state index >= 15 is 0 Å². The topological polar surface area (TPSA) is 223 Å². The van der Waals surface area contributed by atoms with Gasteiger partial charge in [-0.3, -0.25) is 28.8 Å². The fourth-order valence-electron chi connectivity index (χ4n) is 4.32. The van der Waals surface area contributed by atoms with Crippen LogP contribution >= 0.6 is 0 Å². The zero-order chi connectivity index (χ0) is 31.9. The summed E-state index contributed by atoms with van der Waals surface area (Å²) in [5, 5.41) is 29.5. The second kappa shape index (κ2) is 17.9. The van der Waals surface area contributed by atoms with Gasteiger partial charge in [0.05, 0.1) is 38.5 Å². The summed E-state index contributed by atoms with van der Waals surface area (Å²) in [5.41, 5.74) is 1.77. The highest BCUT2D eigenvalue weighted by molar-refractivity contribution is 5.93. The van der Waals surface area contributed by atoms with Crippen molar-refractivity contribution in [3.63, 3.8) is 0 Å².